The highest BCUT2D eigenvalue weighted by atomic mass is 79.9. The molecule has 3 N–H and O–H groups in total. The number of urea groups is 1. The maximum absolute atomic E-state index is 11.5. The third-order valence-corrected chi connectivity index (χ3v) is 4.03. The number of thiazole rings is 1. The Balaban J connectivity index is 2.48. The van der Waals surface area contributed by atoms with Crippen LogP contribution in [0.1, 0.15) is 20.3 Å². The van der Waals surface area contributed by atoms with Crippen molar-refractivity contribution in [3.05, 3.63) is 9.98 Å². The normalized spacial score (nSPS) is 13.7. The predicted octanol–water partition coefficient (Wildman–Crippen LogP) is 2.53. The van der Waals surface area contributed by atoms with E-state index < -0.39 is 17.4 Å². The number of rotatable bonds is 5. The summed E-state index contributed by atoms with van der Waals surface area (Å²) in [5, 5.41) is 14.6. The van der Waals surface area contributed by atoms with E-state index in [0.717, 1.165) is 3.79 Å². The van der Waals surface area contributed by atoms with Crippen molar-refractivity contribution in [1.29, 1.82) is 0 Å². The van der Waals surface area contributed by atoms with E-state index in [9.17, 15) is 9.59 Å². The largest absolute Gasteiger partial charge is 0.481 e. The van der Waals surface area contributed by atoms with Gasteiger partial charge < -0.3 is 10.4 Å². The summed E-state index contributed by atoms with van der Waals surface area (Å²) in [6.45, 7) is 3.43. The molecule has 0 aliphatic heterocycles. The molecular weight excluding hydrogens is 322 g/mol. The number of carboxylic acid groups (broad SMARTS) is 1. The molecule has 1 aromatic rings. The zero-order valence-corrected chi connectivity index (χ0v) is 12.4. The van der Waals surface area contributed by atoms with Gasteiger partial charge in [-0.25, -0.2) is 9.78 Å². The molecule has 1 aromatic heterocycles. The molecule has 1 unspecified atom stereocenters. The summed E-state index contributed by atoms with van der Waals surface area (Å²) < 4.78 is 0.807. The SMILES string of the molecule is CCC(C)(CNC(=O)Nc1ncc(Br)s1)C(=O)O. The van der Waals surface area contributed by atoms with Gasteiger partial charge in [0.05, 0.1) is 15.4 Å². The first-order chi connectivity index (χ1) is 8.37. The minimum Gasteiger partial charge on any atom is -0.481 e. The monoisotopic (exact) mass is 335 g/mol. The number of carboxylic acids is 1. The summed E-state index contributed by atoms with van der Waals surface area (Å²) in [7, 11) is 0. The number of anilines is 1. The molecule has 18 heavy (non-hydrogen) atoms. The predicted molar refractivity (Wildman–Crippen MR) is 72.9 cm³/mol. The molecule has 1 rings (SSSR count). The topological polar surface area (TPSA) is 91.3 Å². The Labute approximate surface area is 117 Å². The van der Waals surface area contributed by atoms with Gasteiger partial charge in [-0.1, -0.05) is 18.3 Å². The summed E-state index contributed by atoms with van der Waals surface area (Å²) in [5.74, 6) is -0.928. The molecule has 1 atom stereocenters. The van der Waals surface area contributed by atoms with E-state index in [1.165, 1.54) is 11.3 Å². The second kappa shape index (κ2) is 6.14. The van der Waals surface area contributed by atoms with Gasteiger partial charge in [-0.05, 0) is 29.3 Å². The van der Waals surface area contributed by atoms with E-state index in [0.29, 0.717) is 11.6 Å². The number of nitrogens with zero attached hydrogens (tertiary/aromatic N) is 1. The molecule has 0 bridgehead atoms. The van der Waals surface area contributed by atoms with Gasteiger partial charge >= 0.3 is 12.0 Å². The molecule has 6 nitrogen and oxygen atoms in total. The zero-order chi connectivity index (χ0) is 13.8. The standard InChI is InChI=1S/C10H14BrN3O3S/c1-3-10(2,7(15)16)5-13-8(17)14-9-12-4-6(11)18-9/h4H,3,5H2,1-2H3,(H,15,16)(H2,12,13,14,17). The Kier molecular flexibility index (Phi) is 5.09. The van der Waals surface area contributed by atoms with Crippen LogP contribution in [-0.4, -0.2) is 28.6 Å². The third kappa shape index (κ3) is 3.95. The van der Waals surface area contributed by atoms with E-state index in [1.807, 2.05) is 0 Å². The highest BCUT2D eigenvalue weighted by Crippen LogP contribution is 2.23. The summed E-state index contributed by atoms with van der Waals surface area (Å²) >= 11 is 4.51. The number of carbonyl (C=O) groups is 2. The van der Waals surface area contributed by atoms with E-state index in [2.05, 4.69) is 31.5 Å². The van der Waals surface area contributed by atoms with Gasteiger partial charge in [-0.3, -0.25) is 10.1 Å². The van der Waals surface area contributed by atoms with Gasteiger partial charge in [0.2, 0.25) is 0 Å². The summed E-state index contributed by atoms with van der Waals surface area (Å²) in [6, 6.07) is -0.460. The van der Waals surface area contributed by atoms with E-state index >= 15 is 0 Å². The molecule has 100 valence electrons. The first-order valence-electron chi connectivity index (χ1n) is 5.27. The minimum atomic E-state index is -0.958. The molecule has 0 spiro atoms. The van der Waals surface area contributed by atoms with Crippen molar-refractivity contribution in [2.24, 2.45) is 5.41 Å². The molecular formula is C10H14BrN3O3S. The lowest BCUT2D eigenvalue weighted by Crippen LogP contribution is -2.42. The molecule has 0 aromatic carbocycles. The van der Waals surface area contributed by atoms with Gasteiger partial charge in [0.1, 0.15) is 0 Å². The van der Waals surface area contributed by atoms with Crippen molar-refractivity contribution in [1.82, 2.24) is 10.3 Å². The maximum atomic E-state index is 11.5. The summed E-state index contributed by atoms with van der Waals surface area (Å²) in [6.07, 6.45) is 2.01. The van der Waals surface area contributed by atoms with Crippen LogP contribution in [0.4, 0.5) is 9.93 Å². The van der Waals surface area contributed by atoms with Crippen LogP contribution in [0.5, 0.6) is 0 Å². The Morgan fingerprint density at radius 3 is 2.72 bits per heavy atom. The summed E-state index contributed by atoms with van der Waals surface area (Å²) in [4.78, 5) is 26.5. The van der Waals surface area contributed by atoms with E-state index in [1.54, 1.807) is 20.0 Å². The second-order valence-corrected chi connectivity index (χ2v) is 6.41. The smallest absolute Gasteiger partial charge is 0.321 e. The lowest BCUT2D eigenvalue weighted by atomic mass is 9.88. The van der Waals surface area contributed by atoms with Gasteiger partial charge in [-0.15, -0.1) is 0 Å². The van der Waals surface area contributed by atoms with Crippen LogP contribution in [0, 0.1) is 5.41 Å². The quantitative estimate of drug-likeness (QED) is 0.770. The molecule has 0 aliphatic carbocycles. The first-order valence-corrected chi connectivity index (χ1v) is 6.88. The Hall–Kier alpha value is -1.15. The number of nitrogens with one attached hydrogen (secondary N) is 2. The van der Waals surface area contributed by atoms with Gasteiger partial charge in [0, 0.05) is 6.54 Å². The molecule has 0 saturated carbocycles. The van der Waals surface area contributed by atoms with Crippen LogP contribution in [0.15, 0.2) is 9.98 Å². The Bertz CT molecular complexity index is 451. The number of aromatic nitrogens is 1. The van der Waals surface area contributed by atoms with Crippen LogP contribution >= 0.6 is 27.3 Å². The highest BCUT2D eigenvalue weighted by molar-refractivity contribution is 9.11. The van der Waals surface area contributed by atoms with Crippen LogP contribution in [0.25, 0.3) is 0 Å². The van der Waals surface area contributed by atoms with Gasteiger partial charge in [0.25, 0.3) is 0 Å². The van der Waals surface area contributed by atoms with Crippen LogP contribution in [0.2, 0.25) is 0 Å². The lowest BCUT2D eigenvalue weighted by Gasteiger charge is -2.23. The lowest BCUT2D eigenvalue weighted by molar-refractivity contribution is -0.147. The van der Waals surface area contributed by atoms with Gasteiger partial charge in [-0.2, -0.15) is 0 Å². The first kappa shape index (κ1) is 14.9. The van der Waals surface area contributed by atoms with Crippen LogP contribution in [0.3, 0.4) is 0 Å². The fraction of sp³-hybridized carbons (Fsp3) is 0.500. The molecule has 8 heteroatoms. The number of hydrogen-bond donors (Lipinski definition) is 3. The molecule has 0 saturated heterocycles. The number of halogens is 1. The van der Waals surface area contributed by atoms with Crippen molar-refractivity contribution in [3.8, 4) is 0 Å². The van der Waals surface area contributed by atoms with Crippen LogP contribution in [-0.2, 0) is 4.79 Å². The van der Waals surface area contributed by atoms with Crippen molar-refractivity contribution in [2.45, 2.75) is 20.3 Å². The van der Waals surface area contributed by atoms with E-state index in [4.69, 9.17) is 5.11 Å². The zero-order valence-electron chi connectivity index (χ0n) is 9.99. The van der Waals surface area contributed by atoms with Crippen molar-refractivity contribution >= 4 is 44.4 Å². The Morgan fingerprint density at radius 2 is 2.28 bits per heavy atom. The Morgan fingerprint density at radius 1 is 1.61 bits per heavy atom. The van der Waals surface area contributed by atoms with Gasteiger partial charge in [0.15, 0.2) is 5.13 Å². The number of carbonyl (C=O) groups excluding carboxylic acids is 1. The molecule has 0 aliphatic rings. The molecule has 0 fully saturated rings. The van der Waals surface area contributed by atoms with Crippen molar-refractivity contribution in [3.63, 3.8) is 0 Å². The van der Waals surface area contributed by atoms with Crippen molar-refractivity contribution < 1.29 is 14.7 Å². The van der Waals surface area contributed by atoms with Crippen LogP contribution < -0.4 is 10.6 Å². The second-order valence-electron chi connectivity index (χ2n) is 4.00. The maximum Gasteiger partial charge on any atom is 0.321 e. The van der Waals surface area contributed by atoms with E-state index in [-0.39, 0.29) is 6.54 Å². The number of hydrogen-bond acceptors (Lipinski definition) is 4. The fourth-order valence-corrected chi connectivity index (χ4v) is 2.18. The highest BCUT2D eigenvalue weighted by Gasteiger charge is 2.31. The average Bonchev–Trinajstić information content (AvgIpc) is 2.71. The minimum absolute atomic E-state index is 0.0667. The van der Waals surface area contributed by atoms with Crippen molar-refractivity contribution in [2.75, 3.05) is 11.9 Å². The average molecular weight is 336 g/mol. The molecule has 0 radical (unpaired) electrons. The molecule has 2 amide bonds. The number of aliphatic carboxylic acids is 1. The number of amides is 2. The summed E-state index contributed by atoms with van der Waals surface area (Å²) in [5.41, 5.74) is -0.958. The fourth-order valence-electron chi connectivity index (χ4n) is 1.08. The molecule has 1 heterocycles. The third-order valence-electron chi connectivity index (χ3n) is 2.63.